The standard InChI is InChI=1S/C9H17NO2.C2H6/c1-7(2)6-10-8(11)9(12)4-3-5-9;1-2/h7,12H,3-6H2,1-2H3,(H,10,11);1-2H3. The van der Waals surface area contributed by atoms with E-state index in [1.807, 2.05) is 27.7 Å². The zero-order chi connectivity index (χ0) is 11.2. The van der Waals surface area contributed by atoms with Crippen LogP contribution < -0.4 is 5.32 Å². The van der Waals surface area contributed by atoms with Gasteiger partial charge in [-0.3, -0.25) is 4.79 Å². The molecule has 0 saturated heterocycles. The largest absolute Gasteiger partial charge is 0.380 e. The Morgan fingerprint density at radius 2 is 1.93 bits per heavy atom. The highest BCUT2D eigenvalue weighted by molar-refractivity contribution is 5.85. The molecule has 0 unspecified atom stereocenters. The molecular weight excluding hydrogens is 178 g/mol. The highest BCUT2D eigenvalue weighted by atomic mass is 16.3. The van der Waals surface area contributed by atoms with Crippen LogP contribution >= 0.6 is 0 Å². The molecule has 3 nitrogen and oxygen atoms in total. The van der Waals surface area contributed by atoms with Crippen molar-refractivity contribution in [1.29, 1.82) is 0 Å². The highest BCUT2D eigenvalue weighted by Crippen LogP contribution is 2.31. The SMILES string of the molecule is CC.CC(C)CNC(=O)C1(O)CCC1. The first-order valence-electron chi connectivity index (χ1n) is 5.55. The van der Waals surface area contributed by atoms with Crippen molar-refractivity contribution in [3.05, 3.63) is 0 Å². The van der Waals surface area contributed by atoms with E-state index in [1.165, 1.54) is 0 Å². The maximum Gasteiger partial charge on any atom is 0.251 e. The number of aliphatic hydroxyl groups is 1. The third-order valence-corrected chi connectivity index (χ3v) is 2.27. The fraction of sp³-hybridized carbons (Fsp3) is 0.909. The number of hydrogen-bond donors (Lipinski definition) is 2. The van der Waals surface area contributed by atoms with Crippen LogP contribution in [0.2, 0.25) is 0 Å². The van der Waals surface area contributed by atoms with Gasteiger partial charge < -0.3 is 10.4 Å². The minimum Gasteiger partial charge on any atom is -0.380 e. The fourth-order valence-corrected chi connectivity index (χ4v) is 1.20. The van der Waals surface area contributed by atoms with Crippen molar-refractivity contribution in [2.75, 3.05) is 6.54 Å². The smallest absolute Gasteiger partial charge is 0.251 e. The first-order chi connectivity index (χ1) is 6.54. The minimum absolute atomic E-state index is 0.192. The zero-order valence-electron chi connectivity index (χ0n) is 9.76. The molecule has 84 valence electrons. The highest BCUT2D eigenvalue weighted by Gasteiger charge is 2.41. The van der Waals surface area contributed by atoms with Gasteiger partial charge in [0.15, 0.2) is 0 Å². The van der Waals surface area contributed by atoms with Gasteiger partial charge in [0.05, 0.1) is 0 Å². The lowest BCUT2D eigenvalue weighted by Crippen LogP contribution is -2.52. The Kier molecular flexibility index (Phi) is 5.77. The molecule has 0 spiro atoms. The summed E-state index contributed by atoms with van der Waals surface area (Å²) in [6, 6.07) is 0. The molecular formula is C11H23NO2. The number of rotatable bonds is 3. The van der Waals surface area contributed by atoms with Crippen LogP contribution in [-0.2, 0) is 4.79 Å². The molecule has 1 amide bonds. The molecule has 1 aliphatic rings. The molecule has 3 heteroatoms. The van der Waals surface area contributed by atoms with Gasteiger partial charge in [0.1, 0.15) is 5.60 Å². The van der Waals surface area contributed by atoms with Crippen molar-refractivity contribution < 1.29 is 9.90 Å². The van der Waals surface area contributed by atoms with Gasteiger partial charge in [0.25, 0.3) is 5.91 Å². The van der Waals surface area contributed by atoms with Crippen LogP contribution in [-0.4, -0.2) is 23.2 Å². The molecule has 14 heavy (non-hydrogen) atoms. The molecule has 1 rings (SSSR count). The Morgan fingerprint density at radius 1 is 1.43 bits per heavy atom. The molecule has 2 N–H and O–H groups in total. The van der Waals surface area contributed by atoms with Gasteiger partial charge >= 0.3 is 0 Å². The van der Waals surface area contributed by atoms with Crippen LogP contribution in [0.4, 0.5) is 0 Å². The molecule has 0 aromatic carbocycles. The summed E-state index contributed by atoms with van der Waals surface area (Å²) in [6.45, 7) is 8.72. The second-order valence-corrected chi connectivity index (χ2v) is 3.99. The molecule has 1 aliphatic carbocycles. The number of carbonyl (C=O) groups excluding carboxylic acids is 1. The Morgan fingerprint density at radius 3 is 2.21 bits per heavy atom. The lowest BCUT2D eigenvalue weighted by atomic mass is 9.79. The number of carbonyl (C=O) groups is 1. The third kappa shape index (κ3) is 3.66. The summed E-state index contributed by atoms with van der Waals surface area (Å²) in [5.74, 6) is 0.250. The third-order valence-electron chi connectivity index (χ3n) is 2.27. The van der Waals surface area contributed by atoms with Crippen LogP contribution in [0.1, 0.15) is 47.0 Å². The van der Waals surface area contributed by atoms with Gasteiger partial charge in [-0.05, 0) is 25.2 Å². The van der Waals surface area contributed by atoms with Gasteiger partial charge in [-0.1, -0.05) is 27.7 Å². The lowest BCUT2D eigenvalue weighted by Gasteiger charge is -2.34. The first-order valence-corrected chi connectivity index (χ1v) is 5.55. The van der Waals surface area contributed by atoms with E-state index in [0.29, 0.717) is 25.3 Å². The maximum atomic E-state index is 11.3. The van der Waals surface area contributed by atoms with Gasteiger partial charge in [0, 0.05) is 6.54 Å². The summed E-state index contributed by atoms with van der Waals surface area (Å²) in [5, 5.41) is 12.3. The first kappa shape index (κ1) is 13.4. The van der Waals surface area contributed by atoms with Gasteiger partial charge in [-0.2, -0.15) is 0 Å². The summed E-state index contributed by atoms with van der Waals surface area (Å²) < 4.78 is 0. The monoisotopic (exact) mass is 201 g/mol. The van der Waals surface area contributed by atoms with Crippen LogP contribution in [0, 0.1) is 5.92 Å². The van der Waals surface area contributed by atoms with Crippen molar-refractivity contribution in [2.45, 2.75) is 52.6 Å². The Balaban J connectivity index is 0.000000791. The molecule has 0 atom stereocenters. The average Bonchev–Trinajstić information content (AvgIpc) is 2.13. The van der Waals surface area contributed by atoms with E-state index >= 15 is 0 Å². The Labute approximate surface area is 86.9 Å². The van der Waals surface area contributed by atoms with Crippen molar-refractivity contribution in [3.8, 4) is 0 Å². The average molecular weight is 201 g/mol. The van der Waals surface area contributed by atoms with Crippen LogP contribution in [0.15, 0.2) is 0 Å². The Bertz CT molecular complexity index is 174. The summed E-state index contributed by atoms with van der Waals surface area (Å²) >= 11 is 0. The normalized spacial score (nSPS) is 17.9. The maximum absolute atomic E-state index is 11.3. The molecule has 0 aromatic heterocycles. The summed E-state index contributed by atoms with van der Waals surface area (Å²) in [4.78, 5) is 11.3. The van der Waals surface area contributed by atoms with Crippen LogP contribution in [0.5, 0.6) is 0 Å². The number of nitrogens with one attached hydrogen (secondary N) is 1. The van der Waals surface area contributed by atoms with E-state index in [0.717, 1.165) is 6.42 Å². The van der Waals surface area contributed by atoms with E-state index in [9.17, 15) is 9.90 Å². The summed E-state index contributed by atoms with van der Waals surface area (Å²) in [6.07, 6.45) is 2.21. The van der Waals surface area contributed by atoms with Gasteiger partial charge in [0.2, 0.25) is 0 Å². The van der Waals surface area contributed by atoms with Crippen molar-refractivity contribution in [3.63, 3.8) is 0 Å². The van der Waals surface area contributed by atoms with Crippen molar-refractivity contribution in [2.24, 2.45) is 5.92 Å². The molecule has 0 heterocycles. The Hall–Kier alpha value is -0.570. The molecule has 1 saturated carbocycles. The fourth-order valence-electron chi connectivity index (χ4n) is 1.20. The molecule has 0 aromatic rings. The second kappa shape index (κ2) is 6.02. The topological polar surface area (TPSA) is 49.3 Å². The van der Waals surface area contributed by atoms with E-state index in [2.05, 4.69) is 5.32 Å². The molecule has 1 fully saturated rings. The number of amides is 1. The van der Waals surface area contributed by atoms with Gasteiger partial charge in [-0.25, -0.2) is 0 Å². The number of hydrogen-bond acceptors (Lipinski definition) is 2. The summed E-state index contributed by atoms with van der Waals surface area (Å²) in [7, 11) is 0. The van der Waals surface area contributed by atoms with E-state index in [4.69, 9.17) is 0 Å². The second-order valence-electron chi connectivity index (χ2n) is 3.99. The van der Waals surface area contributed by atoms with Crippen molar-refractivity contribution >= 4 is 5.91 Å². The zero-order valence-corrected chi connectivity index (χ0v) is 9.76. The van der Waals surface area contributed by atoms with E-state index < -0.39 is 5.60 Å². The molecule has 0 radical (unpaired) electrons. The van der Waals surface area contributed by atoms with Crippen LogP contribution in [0.25, 0.3) is 0 Å². The van der Waals surface area contributed by atoms with Crippen LogP contribution in [0.3, 0.4) is 0 Å². The summed E-state index contributed by atoms with van der Waals surface area (Å²) in [5.41, 5.74) is -1.03. The van der Waals surface area contributed by atoms with Crippen molar-refractivity contribution in [1.82, 2.24) is 5.32 Å². The predicted octanol–water partition coefficient (Wildman–Crippen LogP) is 1.70. The molecule has 0 bridgehead atoms. The van der Waals surface area contributed by atoms with E-state index in [1.54, 1.807) is 0 Å². The molecule has 0 aliphatic heterocycles. The van der Waals surface area contributed by atoms with E-state index in [-0.39, 0.29) is 5.91 Å². The predicted molar refractivity (Wildman–Crippen MR) is 58.0 cm³/mol. The lowest BCUT2D eigenvalue weighted by molar-refractivity contribution is -0.148. The quantitative estimate of drug-likeness (QED) is 0.730. The van der Waals surface area contributed by atoms with Gasteiger partial charge in [-0.15, -0.1) is 0 Å². The minimum atomic E-state index is -1.03.